The van der Waals surface area contributed by atoms with Gasteiger partial charge in [0, 0.05) is 45.8 Å². The Hall–Kier alpha value is -1.64. The molecule has 0 N–H and O–H groups in total. The molecule has 0 bridgehead atoms. The van der Waals surface area contributed by atoms with Crippen LogP contribution in [0.1, 0.15) is 18.1 Å². The molecule has 0 radical (unpaired) electrons. The molecule has 150 valence electrons. The molecular weight excluding hydrogens is 359 g/mol. The number of rotatable bonds is 4. The van der Waals surface area contributed by atoms with Crippen LogP contribution in [-0.4, -0.2) is 79.1 Å². The van der Waals surface area contributed by atoms with E-state index in [-0.39, 0.29) is 11.9 Å². The summed E-state index contributed by atoms with van der Waals surface area (Å²) < 4.78 is 43.2. The van der Waals surface area contributed by atoms with E-state index in [9.17, 15) is 18.0 Å². The highest BCUT2D eigenvalue weighted by molar-refractivity contribution is 5.81. The summed E-state index contributed by atoms with van der Waals surface area (Å²) in [6.45, 7) is 8.20. The molecule has 5 nitrogen and oxygen atoms in total. The Morgan fingerprint density at radius 3 is 2.19 bits per heavy atom. The van der Waals surface area contributed by atoms with Crippen LogP contribution in [-0.2, 0) is 22.3 Å². The molecule has 1 amide bonds. The first-order valence-corrected chi connectivity index (χ1v) is 9.33. The van der Waals surface area contributed by atoms with E-state index < -0.39 is 11.7 Å². The topological polar surface area (TPSA) is 36.0 Å². The first-order valence-electron chi connectivity index (χ1n) is 9.33. The van der Waals surface area contributed by atoms with Crippen LogP contribution < -0.4 is 0 Å². The van der Waals surface area contributed by atoms with E-state index in [1.807, 2.05) is 11.8 Å². The smallest absolute Gasteiger partial charge is 0.378 e. The van der Waals surface area contributed by atoms with Gasteiger partial charge in [0.2, 0.25) is 5.91 Å². The second-order valence-corrected chi connectivity index (χ2v) is 7.12. The second-order valence-electron chi connectivity index (χ2n) is 7.12. The third-order valence-electron chi connectivity index (χ3n) is 5.32. The molecule has 1 unspecified atom stereocenters. The zero-order chi connectivity index (χ0) is 19.4. The van der Waals surface area contributed by atoms with Crippen molar-refractivity contribution >= 4 is 5.91 Å². The first kappa shape index (κ1) is 20.1. The predicted molar refractivity (Wildman–Crippen MR) is 95.2 cm³/mol. The third-order valence-corrected chi connectivity index (χ3v) is 5.32. The Kier molecular flexibility index (Phi) is 6.39. The Morgan fingerprint density at radius 2 is 1.63 bits per heavy atom. The van der Waals surface area contributed by atoms with Crippen LogP contribution in [0.5, 0.6) is 0 Å². The number of carbonyl (C=O) groups excluding carboxylic acids is 1. The molecule has 2 heterocycles. The molecule has 2 saturated heterocycles. The molecule has 8 heteroatoms. The van der Waals surface area contributed by atoms with Crippen LogP contribution in [0.3, 0.4) is 0 Å². The fraction of sp³-hybridized carbons (Fsp3) is 0.632. The Morgan fingerprint density at radius 1 is 1.04 bits per heavy atom. The normalized spacial score (nSPS) is 21.3. The molecule has 27 heavy (non-hydrogen) atoms. The van der Waals surface area contributed by atoms with Crippen molar-refractivity contribution < 1.29 is 22.7 Å². The van der Waals surface area contributed by atoms with Gasteiger partial charge >= 0.3 is 6.18 Å². The van der Waals surface area contributed by atoms with Crippen molar-refractivity contribution in [2.75, 3.05) is 52.5 Å². The second kappa shape index (κ2) is 8.58. The Bertz CT molecular complexity index is 622. The average molecular weight is 385 g/mol. The number of amides is 1. The number of hydrogen-bond donors (Lipinski definition) is 0. The highest BCUT2D eigenvalue weighted by atomic mass is 19.4. The number of piperazine rings is 1. The summed E-state index contributed by atoms with van der Waals surface area (Å²) in [5, 5.41) is 0. The van der Waals surface area contributed by atoms with Gasteiger partial charge in [0.15, 0.2) is 0 Å². The van der Waals surface area contributed by atoms with E-state index >= 15 is 0 Å². The van der Waals surface area contributed by atoms with Crippen molar-refractivity contribution in [3.05, 3.63) is 35.4 Å². The summed E-state index contributed by atoms with van der Waals surface area (Å²) in [6, 6.07) is 5.19. The zero-order valence-corrected chi connectivity index (χ0v) is 15.5. The molecule has 0 aromatic heterocycles. The van der Waals surface area contributed by atoms with Crippen LogP contribution >= 0.6 is 0 Å². The van der Waals surface area contributed by atoms with Crippen LogP contribution in [0.4, 0.5) is 13.2 Å². The lowest BCUT2D eigenvalue weighted by molar-refractivity contribution is -0.141. The fourth-order valence-electron chi connectivity index (χ4n) is 3.57. The molecular formula is C19H26F3N3O2. The van der Waals surface area contributed by atoms with Crippen molar-refractivity contribution in [3.63, 3.8) is 0 Å². The average Bonchev–Trinajstić information content (AvgIpc) is 2.68. The molecule has 1 atom stereocenters. The predicted octanol–water partition coefficient (Wildman–Crippen LogP) is 2.07. The molecule has 3 rings (SSSR count). The lowest BCUT2D eigenvalue weighted by atomic mass is 10.1. The monoisotopic (exact) mass is 385 g/mol. The molecule has 2 aliphatic heterocycles. The maximum atomic E-state index is 12.6. The molecule has 1 aromatic carbocycles. The van der Waals surface area contributed by atoms with E-state index in [2.05, 4.69) is 9.80 Å². The maximum absolute atomic E-state index is 12.6. The largest absolute Gasteiger partial charge is 0.416 e. The summed E-state index contributed by atoms with van der Waals surface area (Å²) in [7, 11) is 0. The standard InChI is InChI=1S/C19H26F3N3O2/c1-15(18(26)25-10-12-27-13-11-25)24-8-6-23(7-9-24)14-16-2-4-17(5-3-16)19(20,21)22/h2-5,15H,6-14H2,1H3. The quantitative estimate of drug-likeness (QED) is 0.795. The number of carbonyl (C=O) groups is 1. The van der Waals surface area contributed by atoms with Gasteiger partial charge < -0.3 is 9.64 Å². The van der Waals surface area contributed by atoms with Gasteiger partial charge in [-0.25, -0.2) is 0 Å². The van der Waals surface area contributed by atoms with E-state index in [1.165, 1.54) is 0 Å². The maximum Gasteiger partial charge on any atom is 0.416 e. The fourth-order valence-corrected chi connectivity index (χ4v) is 3.57. The van der Waals surface area contributed by atoms with Crippen molar-refractivity contribution in [2.45, 2.75) is 25.7 Å². The molecule has 0 aliphatic carbocycles. The van der Waals surface area contributed by atoms with Gasteiger partial charge in [0.1, 0.15) is 0 Å². The number of morpholine rings is 1. The van der Waals surface area contributed by atoms with E-state index in [0.717, 1.165) is 43.9 Å². The minimum atomic E-state index is -4.30. The third kappa shape index (κ3) is 5.21. The summed E-state index contributed by atoms with van der Waals surface area (Å²) in [5.41, 5.74) is 0.250. The van der Waals surface area contributed by atoms with Crippen LogP contribution in [0.25, 0.3) is 0 Å². The van der Waals surface area contributed by atoms with Gasteiger partial charge in [-0.3, -0.25) is 14.6 Å². The van der Waals surface area contributed by atoms with Crippen LogP contribution in [0.2, 0.25) is 0 Å². The molecule has 2 fully saturated rings. The van der Waals surface area contributed by atoms with Gasteiger partial charge in [-0.05, 0) is 24.6 Å². The molecule has 0 spiro atoms. The summed E-state index contributed by atoms with van der Waals surface area (Å²) in [5.74, 6) is 0.148. The first-order chi connectivity index (χ1) is 12.8. The number of alkyl halides is 3. The summed E-state index contributed by atoms with van der Waals surface area (Å²) >= 11 is 0. The molecule has 1 aromatic rings. The Balaban J connectivity index is 1.47. The number of benzene rings is 1. The SMILES string of the molecule is CC(C(=O)N1CCOCC1)N1CCN(Cc2ccc(C(F)(F)F)cc2)CC1. The van der Waals surface area contributed by atoms with E-state index in [1.54, 1.807) is 12.1 Å². The van der Waals surface area contributed by atoms with Crippen molar-refractivity contribution in [1.29, 1.82) is 0 Å². The minimum Gasteiger partial charge on any atom is -0.378 e. The summed E-state index contributed by atoms with van der Waals surface area (Å²) in [4.78, 5) is 18.9. The molecule has 0 saturated carbocycles. The van der Waals surface area contributed by atoms with Crippen LogP contribution in [0, 0.1) is 0 Å². The number of halogens is 3. The van der Waals surface area contributed by atoms with Gasteiger partial charge in [-0.2, -0.15) is 13.2 Å². The van der Waals surface area contributed by atoms with Gasteiger partial charge in [0.25, 0.3) is 0 Å². The summed E-state index contributed by atoms with van der Waals surface area (Å²) in [6.07, 6.45) is -4.30. The number of nitrogens with zero attached hydrogens (tertiary/aromatic N) is 3. The van der Waals surface area contributed by atoms with Crippen molar-refractivity contribution in [2.24, 2.45) is 0 Å². The van der Waals surface area contributed by atoms with Gasteiger partial charge in [0.05, 0.1) is 24.8 Å². The number of ether oxygens (including phenoxy) is 1. The van der Waals surface area contributed by atoms with Crippen molar-refractivity contribution in [3.8, 4) is 0 Å². The lowest BCUT2D eigenvalue weighted by Crippen LogP contribution is -2.55. The van der Waals surface area contributed by atoms with Gasteiger partial charge in [-0.15, -0.1) is 0 Å². The van der Waals surface area contributed by atoms with Crippen LogP contribution in [0.15, 0.2) is 24.3 Å². The van der Waals surface area contributed by atoms with E-state index in [4.69, 9.17) is 4.74 Å². The number of hydrogen-bond acceptors (Lipinski definition) is 4. The van der Waals surface area contributed by atoms with E-state index in [0.29, 0.717) is 32.8 Å². The molecule has 2 aliphatic rings. The minimum absolute atomic E-state index is 0.148. The van der Waals surface area contributed by atoms with Gasteiger partial charge in [-0.1, -0.05) is 12.1 Å². The lowest BCUT2D eigenvalue weighted by Gasteiger charge is -2.39. The zero-order valence-electron chi connectivity index (χ0n) is 15.5. The highest BCUT2D eigenvalue weighted by Gasteiger charge is 2.31. The van der Waals surface area contributed by atoms with Crippen molar-refractivity contribution in [1.82, 2.24) is 14.7 Å². The highest BCUT2D eigenvalue weighted by Crippen LogP contribution is 2.29. The Labute approximate surface area is 157 Å².